The molecule has 0 atom stereocenters. The van der Waals surface area contributed by atoms with Crippen molar-refractivity contribution in [3.63, 3.8) is 0 Å². The Hall–Kier alpha value is -0.480. The van der Waals surface area contributed by atoms with E-state index in [-0.39, 0.29) is 24.8 Å². The number of para-hydroxylation sites is 1. The fourth-order valence-electron chi connectivity index (χ4n) is 2.24. The summed E-state index contributed by atoms with van der Waals surface area (Å²) in [7, 11) is 0. The molecule has 0 amide bonds. The molecule has 1 saturated heterocycles. The number of aryl methyl sites for hydroxylation is 2. The molecule has 2 rings (SSSR count). The van der Waals surface area contributed by atoms with Crippen molar-refractivity contribution in [2.45, 2.75) is 13.8 Å². The van der Waals surface area contributed by atoms with E-state index in [2.05, 4.69) is 42.3 Å². The van der Waals surface area contributed by atoms with E-state index in [1.807, 2.05) is 0 Å². The first-order chi connectivity index (χ1) is 8.27. The van der Waals surface area contributed by atoms with Crippen LogP contribution in [0, 0.1) is 13.8 Å². The van der Waals surface area contributed by atoms with E-state index in [1.165, 1.54) is 11.1 Å². The number of piperazine rings is 1. The summed E-state index contributed by atoms with van der Waals surface area (Å²) < 4.78 is 5.91. The Balaban J connectivity index is 0.00000162. The molecule has 0 spiro atoms. The number of hydrogen-bond donors (Lipinski definition) is 1. The maximum atomic E-state index is 5.91. The quantitative estimate of drug-likeness (QED) is 0.924. The van der Waals surface area contributed by atoms with Crippen molar-refractivity contribution in [1.82, 2.24) is 10.2 Å². The van der Waals surface area contributed by atoms with Crippen LogP contribution in [-0.2, 0) is 0 Å². The van der Waals surface area contributed by atoms with Crippen molar-refractivity contribution in [1.29, 1.82) is 0 Å². The van der Waals surface area contributed by atoms with Gasteiger partial charge in [-0.05, 0) is 25.0 Å². The summed E-state index contributed by atoms with van der Waals surface area (Å²) in [5.74, 6) is 1.06. The standard InChI is InChI=1S/C14H22N2O.2ClH/c1-12-4-3-5-13(2)14(12)17-11-10-16-8-6-15-7-9-16;;/h3-5,15H,6-11H2,1-2H3;2*1H. The Labute approximate surface area is 128 Å². The summed E-state index contributed by atoms with van der Waals surface area (Å²) in [5, 5.41) is 3.36. The van der Waals surface area contributed by atoms with Crippen LogP contribution >= 0.6 is 24.8 Å². The van der Waals surface area contributed by atoms with E-state index in [0.717, 1.165) is 45.1 Å². The minimum absolute atomic E-state index is 0. The third-order valence-corrected chi connectivity index (χ3v) is 3.27. The lowest BCUT2D eigenvalue weighted by atomic mass is 10.1. The maximum absolute atomic E-state index is 5.91. The van der Waals surface area contributed by atoms with E-state index in [1.54, 1.807) is 0 Å². The number of halogens is 2. The largest absolute Gasteiger partial charge is 0.492 e. The average molecular weight is 307 g/mol. The topological polar surface area (TPSA) is 24.5 Å². The normalized spacial score (nSPS) is 15.3. The number of benzene rings is 1. The highest BCUT2D eigenvalue weighted by molar-refractivity contribution is 5.85. The lowest BCUT2D eigenvalue weighted by Crippen LogP contribution is -2.44. The Morgan fingerprint density at radius 1 is 1.11 bits per heavy atom. The van der Waals surface area contributed by atoms with E-state index in [4.69, 9.17) is 4.74 Å². The molecule has 0 unspecified atom stereocenters. The molecule has 0 aromatic heterocycles. The van der Waals surface area contributed by atoms with Crippen LogP contribution in [0.15, 0.2) is 18.2 Å². The molecule has 1 heterocycles. The molecule has 0 aliphatic carbocycles. The van der Waals surface area contributed by atoms with Gasteiger partial charge in [0.05, 0.1) is 0 Å². The van der Waals surface area contributed by atoms with Gasteiger partial charge in [0.2, 0.25) is 0 Å². The summed E-state index contributed by atoms with van der Waals surface area (Å²) in [6.45, 7) is 10.5. The predicted octanol–water partition coefficient (Wildman–Crippen LogP) is 2.43. The molecule has 3 nitrogen and oxygen atoms in total. The number of hydrogen-bond acceptors (Lipinski definition) is 3. The summed E-state index contributed by atoms with van der Waals surface area (Å²) in [6, 6.07) is 6.29. The van der Waals surface area contributed by atoms with E-state index in [0.29, 0.717) is 0 Å². The molecule has 1 aliphatic rings. The highest BCUT2D eigenvalue weighted by Gasteiger charge is 2.09. The predicted molar refractivity (Wildman–Crippen MR) is 85.2 cm³/mol. The molecular weight excluding hydrogens is 283 g/mol. The highest BCUT2D eigenvalue weighted by Crippen LogP contribution is 2.22. The van der Waals surface area contributed by atoms with Crippen LogP contribution in [0.1, 0.15) is 11.1 Å². The first-order valence-electron chi connectivity index (χ1n) is 6.39. The summed E-state index contributed by atoms with van der Waals surface area (Å²) >= 11 is 0. The third kappa shape index (κ3) is 5.57. The van der Waals surface area contributed by atoms with Crippen LogP contribution in [0.3, 0.4) is 0 Å². The van der Waals surface area contributed by atoms with Crippen LogP contribution in [-0.4, -0.2) is 44.2 Å². The van der Waals surface area contributed by atoms with E-state index < -0.39 is 0 Å². The molecule has 1 aromatic carbocycles. The monoisotopic (exact) mass is 306 g/mol. The Morgan fingerprint density at radius 2 is 1.68 bits per heavy atom. The molecule has 5 heteroatoms. The second kappa shape index (κ2) is 9.43. The SMILES string of the molecule is Cc1cccc(C)c1OCCN1CCNCC1.Cl.Cl. The first kappa shape index (κ1) is 18.5. The van der Waals surface area contributed by atoms with E-state index in [9.17, 15) is 0 Å². The number of rotatable bonds is 4. The Morgan fingerprint density at radius 3 is 2.26 bits per heavy atom. The number of nitrogens with one attached hydrogen (secondary N) is 1. The van der Waals surface area contributed by atoms with Gasteiger partial charge in [0.1, 0.15) is 12.4 Å². The third-order valence-electron chi connectivity index (χ3n) is 3.27. The van der Waals surface area contributed by atoms with Gasteiger partial charge < -0.3 is 10.1 Å². The molecular formula is C14H24Cl2N2O. The molecule has 1 N–H and O–H groups in total. The van der Waals surface area contributed by atoms with Gasteiger partial charge in [-0.1, -0.05) is 18.2 Å². The molecule has 110 valence electrons. The van der Waals surface area contributed by atoms with Gasteiger partial charge >= 0.3 is 0 Å². The van der Waals surface area contributed by atoms with Crippen LogP contribution in [0.5, 0.6) is 5.75 Å². The van der Waals surface area contributed by atoms with Crippen LogP contribution in [0.25, 0.3) is 0 Å². The Kier molecular flexibility index (Phi) is 9.19. The molecule has 1 aromatic rings. The van der Waals surface area contributed by atoms with Gasteiger partial charge in [0.15, 0.2) is 0 Å². The zero-order chi connectivity index (χ0) is 12.1. The van der Waals surface area contributed by atoms with Gasteiger partial charge in [0.25, 0.3) is 0 Å². The summed E-state index contributed by atoms with van der Waals surface area (Å²) in [4.78, 5) is 2.45. The van der Waals surface area contributed by atoms with Gasteiger partial charge in [0, 0.05) is 32.7 Å². The minimum atomic E-state index is 0. The van der Waals surface area contributed by atoms with Crippen molar-refractivity contribution in [2.75, 3.05) is 39.3 Å². The zero-order valence-electron chi connectivity index (χ0n) is 11.6. The fraction of sp³-hybridized carbons (Fsp3) is 0.571. The first-order valence-corrected chi connectivity index (χ1v) is 6.39. The fourth-order valence-corrected chi connectivity index (χ4v) is 2.24. The summed E-state index contributed by atoms with van der Waals surface area (Å²) in [5.41, 5.74) is 2.45. The Bertz CT molecular complexity index is 348. The highest BCUT2D eigenvalue weighted by atomic mass is 35.5. The van der Waals surface area contributed by atoms with Crippen LogP contribution in [0.4, 0.5) is 0 Å². The minimum Gasteiger partial charge on any atom is -0.492 e. The van der Waals surface area contributed by atoms with Crippen LogP contribution < -0.4 is 10.1 Å². The molecule has 1 aliphatic heterocycles. The van der Waals surface area contributed by atoms with Crippen molar-refractivity contribution < 1.29 is 4.74 Å². The average Bonchev–Trinajstić information content (AvgIpc) is 2.34. The lowest BCUT2D eigenvalue weighted by molar-refractivity contribution is 0.190. The van der Waals surface area contributed by atoms with E-state index >= 15 is 0 Å². The number of ether oxygens (including phenoxy) is 1. The van der Waals surface area contributed by atoms with Gasteiger partial charge in [-0.15, -0.1) is 24.8 Å². The van der Waals surface area contributed by atoms with Crippen molar-refractivity contribution in [3.05, 3.63) is 29.3 Å². The van der Waals surface area contributed by atoms with Gasteiger partial charge in [-0.3, -0.25) is 4.90 Å². The van der Waals surface area contributed by atoms with Gasteiger partial charge in [-0.25, -0.2) is 0 Å². The molecule has 0 bridgehead atoms. The maximum Gasteiger partial charge on any atom is 0.125 e. The molecule has 0 radical (unpaired) electrons. The zero-order valence-corrected chi connectivity index (χ0v) is 13.3. The lowest BCUT2D eigenvalue weighted by Gasteiger charge is -2.27. The van der Waals surface area contributed by atoms with Crippen molar-refractivity contribution in [3.8, 4) is 5.75 Å². The van der Waals surface area contributed by atoms with Crippen LogP contribution in [0.2, 0.25) is 0 Å². The molecule has 19 heavy (non-hydrogen) atoms. The second-order valence-corrected chi connectivity index (χ2v) is 4.66. The van der Waals surface area contributed by atoms with Crippen molar-refractivity contribution >= 4 is 24.8 Å². The molecule has 0 saturated carbocycles. The summed E-state index contributed by atoms with van der Waals surface area (Å²) in [6.07, 6.45) is 0. The van der Waals surface area contributed by atoms with Gasteiger partial charge in [-0.2, -0.15) is 0 Å². The molecule has 1 fully saturated rings. The smallest absolute Gasteiger partial charge is 0.125 e. The second-order valence-electron chi connectivity index (χ2n) is 4.66. The number of nitrogens with zero attached hydrogens (tertiary/aromatic N) is 1. The van der Waals surface area contributed by atoms with Crippen molar-refractivity contribution in [2.24, 2.45) is 0 Å².